The standard InChI is InChI=1S/C18H14F3N3O2/c1-11-4-2-3-5-14(11)17-24-23-16(26-17)13-8-6-12(7-9-13)15(25)22-10-18(19,20)21/h2-9H,10H2,1H3,(H,22,25). The molecule has 1 aromatic heterocycles. The van der Waals surface area contributed by atoms with Gasteiger partial charge in [-0.05, 0) is 42.8 Å². The predicted molar refractivity (Wildman–Crippen MR) is 88.3 cm³/mol. The highest BCUT2D eigenvalue weighted by molar-refractivity contribution is 5.94. The van der Waals surface area contributed by atoms with Crippen LogP contribution in [0.3, 0.4) is 0 Å². The monoisotopic (exact) mass is 361 g/mol. The number of hydrogen-bond acceptors (Lipinski definition) is 4. The van der Waals surface area contributed by atoms with E-state index in [4.69, 9.17) is 4.42 Å². The molecule has 0 aliphatic carbocycles. The predicted octanol–water partition coefficient (Wildman–Crippen LogP) is 4.00. The summed E-state index contributed by atoms with van der Waals surface area (Å²) < 4.78 is 42.1. The molecule has 0 unspecified atom stereocenters. The maximum Gasteiger partial charge on any atom is 0.405 e. The van der Waals surface area contributed by atoms with Crippen molar-refractivity contribution in [1.29, 1.82) is 0 Å². The van der Waals surface area contributed by atoms with Gasteiger partial charge in [0, 0.05) is 16.7 Å². The van der Waals surface area contributed by atoms with Crippen molar-refractivity contribution in [2.45, 2.75) is 13.1 Å². The molecule has 1 heterocycles. The average Bonchev–Trinajstić information content (AvgIpc) is 3.09. The van der Waals surface area contributed by atoms with Gasteiger partial charge in [0.1, 0.15) is 6.54 Å². The lowest BCUT2D eigenvalue weighted by atomic mass is 10.1. The third-order valence-electron chi connectivity index (χ3n) is 3.64. The lowest BCUT2D eigenvalue weighted by molar-refractivity contribution is -0.123. The molecule has 5 nitrogen and oxygen atoms in total. The summed E-state index contributed by atoms with van der Waals surface area (Å²) in [7, 11) is 0. The third kappa shape index (κ3) is 4.08. The van der Waals surface area contributed by atoms with Gasteiger partial charge in [-0.2, -0.15) is 13.2 Å². The van der Waals surface area contributed by atoms with E-state index in [1.165, 1.54) is 24.3 Å². The van der Waals surface area contributed by atoms with Crippen LogP contribution in [0.1, 0.15) is 15.9 Å². The van der Waals surface area contributed by atoms with E-state index >= 15 is 0 Å². The maximum absolute atomic E-state index is 12.1. The smallest absolute Gasteiger partial charge is 0.405 e. The Balaban J connectivity index is 1.75. The number of aryl methyl sites for hydroxylation is 1. The number of carbonyl (C=O) groups is 1. The van der Waals surface area contributed by atoms with Crippen molar-refractivity contribution in [2.24, 2.45) is 0 Å². The van der Waals surface area contributed by atoms with Gasteiger partial charge < -0.3 is 9.73 Å². The molecule has 0 atom stereocenters. The first kappa shape index (κ1) is 17.7. The fourth-order valence-corrected chi connectivity index (χ4v) is 2.31. The Morgan fingerprint density at radius 3 is 2.35 bits per heavy atom. The zero-order chi connectivity index (χ0) is 18.7. The number of nitrogens with one attached hydrogen (secondary N) is 1. The minimum Gasteiger partial charge on any atom is -0.416 e. The minimum atomic E-state index is -4.45. The van der Waals surface area contributed by atoms with Crippen LogP contribution in [0.2, 0.25) is 0 Å². The highest BCUT2D eigenvalue weighted by atomic mass is 19.4. The molecule has 1 amide bonds. The van der Waals surface area contributed by atoms with Crippen LogP contribution in [-0.2, 0) is 0 Å². The molecular weight excluding hydrogens is 347 g/mol. The van der Waals surface area contributed by atoms with Gasteiger partial charge in [0.15, 0.2) is 0 Å². The van der Waals surface area contributed by atoms with E-state index in [-0.39, 0.29) is 11.5 Å². The largest absolute Gasteiger partial charge is 0.416 e. The van der Waals surface area contributed by atoms with Gasteiger partial charge in [0.25, 0.3) is 5.91 Å². The summed E-state index contributed by atoms with van der Waals surface area (Å²) in [6.45, 7) is 0.546. The van der Waals surface area contributed by atoms with Crippen LogP contribution in [0, 0.1) is 6.92 Å². The van der Waals surface area contributed by atoms with Gasteiger partial charge in [0.05, 0.1) is 0 Å². The molecule has 1 N–H and O–H groups in total. The van der Waals surface area contributed by atoms with E-state index in [0.717, 1.165) is 11.1 Å². The number of hydrogen-bond donors (Lipinski definition) is 1. The number of benzene rings is 2. The average molecular weight is 361 g/mol. The van der Waals surface area contributed by atoms with Crippen LogP contribution in [-0.4, -0.2) is 28.8 Å². The molecule has 0 bridgehead atoms. The Labute approximate surface area is 146 Å². The van der Waals surface area contributed by atoms with Crippen LogP contribution in [0.15, 0.2) is 52.9 Å². The number of rotatable bonds is 4. The summed E-state index contributed by atoms with van der Waals surface area (Å²) in [6, 6.07) is 13.4. The maximum atomic E-state index is 12.1. The highest BCUT2D eigenvalue weighted by Crippen LogP contribution is 2.26. The molecule has 0 aliphatic rings. The molecule has 0 spiro atoms. The van der Waals surface area contributed by atoms with Gasteiger partial charge in [0.2, 0.25) is 11.8 Å². The molecule has 0 fully saturated rings. The first-order valence-corrected chi connectivity index (χ1v) is 7.68. The fourth-order valence-electron chi connectivity index (χ4n) is 2.31. The molecule has 0 aliphatic heterocycles. The number of aromatic nitrogens is 2. The number of carbonyl (C=O) groups excluding carboxylic acids is 1. The molecule has 3 rings (SSSR count). The second-order valence-electron chi connectivity index (χ2n) is 5.60. The molecule has 3 aromatic rings. The van der Waals surface area contributed by atoms with Gasteiger partial charge in [-0.25, -0.2) is 0 Å². The first-order chi connectivity index (χ1) is 12.3. The van der Waals surface area contributed by atoms with Crippen molar-refractivity contribution in [3.8, 4) is 22.9 Å². The Hall–Kier alpha value is -3.16. The lowest BCUT2D eigenvalue weighted by Gasteiger charge is -2.08. The molecular formula is C18H14F3N3O2. The van der Waals surface area contributed by atoms with E-state index in [1.54, 1.807) is 0 Å². The van der Waals surface area contributed by atoms with Crippen LogP contribution in [0.25, 0.3) is 22.9 Å². The van der Waals surface area contributed by atoms with Gasteiger partial charge in [-0.3, -0.25) is 4.79 Å². The van der Waals surface area contributed by atoms with Crippen molar-refractivity contribution < 1.29 is 22.4 Å². The van der Waals surface area contributed by atoms with E-state index in [1.807, 2.05) is 36.5 Å². The van der Waals surface area contributed by atoms with Crippen LogP contribution in [0.4, 0.5) is 13.2 Å². The van der Waals surface area contributed by atoms with Crippen LogP contribution < -0.4 is 5.32 Å². The summed E-state index contributed by atoms with van der Waals surface area (Å²) in [5, 5.41) is 9.81. The summed E-state index contributed by atoms with van der Waals surface area (Å²) in [6.07, 6.45) is -4.45. The Bertz CT molecular complexity index is 918. The molecule has 0 saturated heterocycles. The number of alkyl halides is 3. The van der Waals surface area contributed by atoms with E-state index in [0.29, 0.717) is 11.5 Å². The van der Waals surface area contributed by atoms with Gasteiger partial charge >= 0.3 is 6.18 Å². The third-order valence-corrected chi connectivity index (χ3v) is 3.64. The highest BCUT2D eigenvalue weighted by Gasteiger charge is 2.27. The van der Waals surface area contributed by atoms with Crippen LogP contribution in [0.5, 0.6) is 0 Å². The van der Waals surface area contributed by atoms with E-state index < -0.39 is 18.6 Å². The molecule has 2 aromatic carbocycles. The van der Waals surface area contributed by atoms with Gasteiger partial charge in [-0.15, -0.1) is 10.2 Å². The number of nitrogens with zero attached hydrogens (tertiary/aromatic N) is 2. The van der Waals surface area contributed by atoms with Crippen molar-refractivity contribution in [2.75, 3.05) is 6.54 Å². The quantitative estimate of drug-likeness (QED) is 0.763. The lowest BCUT2D eigenvalue weighted by Crippen LogP contribution is -2.33. The molecule has 0 radical (unpaired) electrons. The van der Waals surface area contributed by atoms with Crippen LogP contribution >= 0.6 is 0 Å². The fraction of sp³-hybridized carbons (Fsp3) is 0.167. The van der Waals surface area contributed by atoms with Crippen molar-refractivity contribution >= 4 is 5.91 Å². The summed E-state index contributed by atoms with van der Waals surface area (Å²) in [4.78, 5) is 11.7. The van der Waals surface area contributed by atoms with Crippen molar-refractivity contribution in [3.63, 3.8) is 0 Å². The van der Waals surface area contributed by atoms with Crippen molar-refractivity contribution in [3.05, 3.63) is 59.7 Å². The summed E-state index contributed by atoms with van der Waals surface area (Å²) in [5.41, 5.74) is 2.47. The Morgan fingerprint density at radius 1 is 1.04 bits per heavy atom. The van der Waals surface area contributed by atoms with Crippen molar-refractivity contribution in [1.82, 2.24) is 15.5 Å². The summed E-state index contributed by atoms with van der Waals surface area (Å²) >= 11 is 0. The van der Waals surface area contributed by atoms with E-state index in [9.17, 15) is 18.0 Å². The SMILES string of the molecule is Cc1ccccc1-c1nnc(-c2ccc(C(=O)NCC(F)(F)F)cc2)o1. The second kappa shape index (κ2) is 6.99. The molecule has 8 heteroatoms. The second-order valence-corrected chi connectivity index (χ2v) is 5.60. The van der Waals surface area contributed by atoms with E-state index in [2.05, 4.69) is 10.2 Å². The number of amides is 1. The molecule has 26 heavy (non-hydrogen) atoms. The summed E-state index contributed by atoms with van der Waals surface area (Å²) in [5.74, 6) is -0.185. The number of halogens is 3. The Morgan fingerprint density at radius 2 is 1.69 bits per heavy atom. The minimum absolute atomic E-state index is 0.108. The topological polar surface area (TPSA) is 68.0 Å². The zero-order valence-corrected chi connectivity index (χ0v) is 13.7. The first-order valence-electron chi connectivity index (χ1n) is 7.68. The zero-order valence-electron chi connectivity index (χ0n) is 13.7. The van der Waals surface area contributed by atoms with Gasteiger partial charge in [-0.1, -0.05) is 18.2 Å². The Kier molecular flexibility index (Phi) is 4.75. The normalized spacial score (nSPS) is 11.4. The molecule has 0 saturated carbocycles. The molecule has 134 valence electrons.